The van der Waals surface area contributed by atoms with E-state index in [1.54, 1.807) is 12.1 Å². The van der Waals surface area contributed by atoms with Gasteiger partial charge in [0.1, 0.15) is 11.5 Å². The van der Waals surface area contributed by atoms with Gasteiger partial charge in [-0.2, -0.15) is 0 Å². The number of aryl methyl sites for hydroxylation is 2. The van der Waals surface area contributed by atoms with Crippen LogP contribution in [-0.4, -0.2) is 38.3 Å². The molecule has 1 aliphatic rings. The molecule has 0 bridgehead atoms. The summed E-state index contributed by atoms with van der Waals surface area (Å²) in [5.74, 6) is -2.54. The van der Waals surface area contributed by atoms with E-state index in [2.05, 4.69) is 5.32 Å². The average molecular weight is 386 g/mol. The first-order chi connectivity index (χ1) is 12.8. The van der Waals surface area contributed by atoms with Gasteiger partial charge in [-0.05, 0) is 43.5 Å². The number of carbonyl (C=O) groups excluding carboxylic acids is 2. The van der Waals surface area contributed by atoms with Gasteiger partial charge >= 0.3 is 0 Å². The van der Waals surface area contributed by atoms with Crippen LogP contribution >= 0.6 is 0 Å². The summed E-state index contributed by atoms with van der Waals surface area (Å²) in [5.41, 5.74) is 3.35. The van der Waals surface area contributed by atoms with Crippen molar-refractivity contribution in [3.8, 4) is 0 Å². The largest absolute Gasteiger partial charge is 0.325 e. The molecule has 0 spiro atoms. The first kappa shape index (κ1) is 19.1. The zero-order chi connectivity index (χ0) is 19.4. The quantitative estimate of drug-likeness (QED) is 0.855. The number of hydrogen-bond donors (Lipinski definition) is 1. The lowest BCUT2D eigenvalue weighted by molar-refractivity contribution is -0.116. The zero-order valence-electron chi connectivity index (χ0n) is 15.1. The van der Waals surface area contributed by atoms with Crippen LogP contribution in [0.15, 0.2) is 48.5 Å². The normalized spacial score (nSPS) is 13.7. The molecular formula is C20H22N2O4S. The maximum Gasteiger partial charge on any atom is 0.242 e. The predicted molar refractivity (Wildman–Crippen MR) is 106 cm³/mol. The van der Waals surface area contributed by atoms with E-state index in [0.29, 0.717) is 12.2 Å². The molecule has 3 rings (SSSR count). The summed E-state index contributed by atoms with van der Waals surface area (Å²) >= 11 is 0. The fourth-order valence-corrected chi connectivity index (χ4v) is 4.25. The molecule has 0 atom stereocenters. The van der Waals surface area contributed by atoms with Crippen molar-refractivity contribution in [2.75, 3.05) is 28.3 Å². The lowest BCUT2D eigenvalue weighted by Gasteiger charge is -2.29. The Balaban J connectivity index is 1.63. The molecule has 1 aliphatic heterocycles. The second-order valence-corrected chi connectivity index (χ2v) is 8.79. The number of rotatable bonds is 5. The molecule has 142 valence electrons. The smallest absolute Gasteiger partial charge is 0.242 e. The number of amides is 2. The third-order valence-corrected chi connectivity index (χ3v) is 5.83. The minimum Gasteiger partial charge on any atom is -0.325 e. The molecule has 0 radical (unpaired) electrons. The lowest BCUT2D eigenvalue weighted by atomic mass is 10.0. The number of hydrogen-bond acceptors (Lipinski definition) is 4. The molecule has 0 saturated carbocycles. The average Bonchev–Trinajstić information content (AvgIpc) is 2.62. The number of benzene rings is 2. The fraction of sp³-hybridized carbons (Fsp3) is 0.300. The first-order valence-corrected chi connectivity index (χ1v) is 10.6. The van der Waals surface area contributed by atoms with Crippen LogP contribution < -0.4 is 10.2 Å². The van der Waals surface area contributed by atoms with E-state index >= 15 is 0 Å². The van der Waals surface area contributed by atoms with Crippen molar-refractivity contribution in [2.24, 2.45) is 0 Å². The van der Waals surface area contributed by atoms with Crippen molar-refractivity contribution in [1.82, 2.24) is 0 Å². The highest BCUT2D eigenvalue weighted by molar-refractivity contribution is 7.92. The van der Waals surface area contributed by atoms with Crippen molar-refractivity contribution in [3.05, 3.63) is 59.7 Å². The summed E-state index contributed by atoms with van der Waals surface area (Å²) in [6.07, 6.45) is 1.66. The summed E-state index contributed by atoms with van der Waals surface area (Å²) < 4.78 is 24.7. The maximum absolute atomic E-state index is 12.6. The van der Waals surface area contributed by atoms with Crippen molar-refractivity contribution in [1.29, 1.82) is 0 Å². The molecular weight excluding hydrogens is 364 g/mol. The molecule has 1 heterocycles. The highest BCUT2D eigenvalue weighted by Gasteiger charge is 2.27. The predicted octanol–water partition coefficient (Wildman–Crippen LogP) is 2.33. The van der Waals surface area contributed by atoms with Crippen LogP contribution in [0.25, 0.3) is 0 Å². The van der Waals surface area contributed by atoms with Crippen LogP contribution in [0.1, 0.15) is 17.5 Å². The van der Waals surface area contributed by atoms with Gasteiger partial charge in [0.25, 0.3) is 0 Å². The zero-order valence-corrected chi connectivity index (χ0v) is 16.0. The molecule has 0 aromatic heterocycles. The summed E-state index contributed by atoms with van der Waals surface area (Å²) in [4.78, 5) is 26.1. The van der Waals surface area contributed by atoms with E-state index in [0.717, 1.165) is 29.7 Å². The molecule has 2 aromatic carbocycles. The Kier molecular flexibility index (Phi) is 5.60. The highest BCUT2D eigenvalue weighted by Crippen LogP contribution is 2.26. The van der Waals surface area contributed by atoms with Gasteiger partial charge in [-0.25, -0.2) is 8.42 Å². The molecule has 0 fully saturated rings. The standard InChI is InChI=1S/C20H22N2O4S/c1-15-8-10-17(11-9-15)21-19(23)13-27(25,26)14-20(24)22-12-4-6-16-5-2-3-7-18(16)22/h2-3,5,7-11H,4,6,12-14H2,1H3,(H,21,23). The minimum atomic E-state index is -3.86. The second-order valence-electron chi connectivity index (χ2n) is 6.72. The lowest BCUT2D eigenvalue weighted by Crippen LogP contribution is -2.40. The third-order valence-electron chi connectivity index (χ3n) is 4.44. The van der Waals surface area contributed by atoms with Crippen LogP contribution in [0.5, 0.6) is 0 Å². The molecule has 0 saturated heterocycles. The van der Waals surface area contributed by atoms with Gasteiger partial charge in [0.15, 0.2) is 9.84 Å². The number of anilines is 2. The molecule has 27 heavy (non-hydrogen) atoms. The Morgan fingerprint density at radius 3 is 2.48 bits per heavy atom. The topological polar surface area (TPSA) is 83.5 Å². The number of sulfone groups is 1. The summed E-state index contributed by atoms with van der Waals surface area (Å²) in [6.45, 7) is 2.40. The fourth-order valence-electron chi connectivity index (χ4n) is 3.14. The van der Waals surface area contributed by atoms with Crippen LogP contribution in [0.2, 0.25) is 0 Å². The molecule has 1 N–H and O–H groups in total. The number of nitrogens with one attached hydrogen (secondary N) is 1. The monoisotopic (exact) mass is 386 g/mol. The number of carbonyl (C=O) groups is 2. The minimum absolute atomic E-state index is 0.487. The third kappa shape index (κ3) is 4.95. The van der Waals surface area contributed by atoms with Crippen molar-refractivity contribution < 1.29 is 18.0 Å². The summed E-state index contributed by atoms with van der Waals surface area (Å²) in [6, 6.07) is 14.5. The van der Waals surface area contributed by atoms with Gasteiger partial charge in [-0.1, -0.05) is 35.9 Å². The molecule has 7 heteroatoms. The molecule has 0 aliphatic carbocycles. The van der Waals surface area contributed by atoms with Crippen molar-refractivity contribution in [3.63, 3.8) is 0 Å². The number of nitrogens with zero attached hydrogens (tertiary/aromatic N) is 1. The van der Waals surface area contributed by atoms with Crippen LogP contribution in [0.3, 0.4) is 0 Å². The molecule has 0 unspecified atom stereocenters. The Morgan fingerprint density at radius 2 is 1.74 bits per heavy atom. The maximum atomic E-state index is 12.6. The van der Waals surface area contributed by atoms with E-state index in [1.165, 1.54) is 4.90 Å². The van der Waals surface area contributed by atoms with Crippen molar-refractivity contribution >= 4 is 33.0 Å². The van der Waals surface area contributed by atoms with Gasteiger partial charge in [0.2, 0.25) is 11.8 Å². The van der Waals surface area contributed by atoms with Crippen LogP contribution in [0.4, 0.5) is 11.4 Å². The summed E-state index contributed by atoms with van der Waals surface area (Å²) in [7, 11) is -3.86. The Morgan fingerprint density at radius 1 is 1.04 bits per heavy atom. The van der Waals surface area contributed by atoms with E-state index in [1.807, 2.05) is 43.3 Å². The van der Waals surface area contributed by atoms with Gasteiger partial charge in [-0.3, -0.25) is 9.59 Å². The van der Waals surface area contributed by atoms with E-state index in [-0.39, 0.29) is 0 Å². The molecule has 2 aromatic rings. The van der Waals surface area contributed by atoms with E-state index in [4.69, 9.17) is 0 Å². The first-order valence-electron chi connectivity index (χ1n) is 8.79. The van der Waals surface area contributed by atoms with Crippen molar-refractivity contribution in [2.45, 2.75) is 19.8 Å². The van der Waals surface area contributed by atoms with Gasteiger partial charge in [0.05, 0.1) is 0 Å². The number of para-hydroxylation sites is 1. The van der Waals surface area contributed by atoms with Crippen LogP contribution in [-0.2, 0) is 25.8 Å². The Hall–Kier alpha value is -2.67. The van der Waals surface area contributed by atoms with Gasteiger partial charge in [-0.15, -0.1) is 0 Å². The van der Waals surface area contributed by atoms with Gasteiger partial charge < -0.3 is 10.2 Å². The van der Waals surface area contributed by atoms with E-state index < -0.39 is 33.2 Å². The van der Waals surface area contributed by atoms with E-state index in [9.17, 15) is 18.0 Å². The Labute approximate surface area is 159 Å². The Bertz CT molecular complexity index is 952. The molecule has 6 nitrogen and oxygen atoms in total. The number of fused-ring (bicyclic) bond motifs is 1. The second kappa shape index (κ2) is 7.92. The van der Waals surface area contributed by atoms with Crippen LogP contribution in [0, 0.1) is 6.92 Å². The highest BCUT2D eigenvalue weighted by atomic mass is 32.2. The summed E-state index contributed by atoms with van der Waals surface area (Å²) in [5, 5.41) is 2.55. The SMILES string of the molecule is Cc1ccc(NC(=O)CS(=O)(=O)CC(=O)N2CCCc3ccccc32)cc1. The van der Waals surface area contributed by atoms with Gasteiger partial charge in [0, 0.05) is 17.9 Å². The molecule has 2 amide bonds.